The van der Waals surface area contributed by atoms with E-state index < -0.39 is 12.0 Å². The van der Waals surface area contributed by atoms with Crippen molar-refractivity contribution in [3.05, 3.63) is 58.8 Å². The lowest BCUT2D eigenvalue weighted by molar-refractivity contribution is -0.138. The molecule has 9 nitrogen and oxygen atoms in total. The molecule has 10 heteroatoms. The number of thioether (sulfide) groups is 1. The Bertz CT molecular complexity index is 1140. The molecule has 0 radical (unpaired) electrons. The summed E-state index contributed by atoms with van der Waals surface area (Å²) in [6.45, 7) is 8.61. The summed E-state index contributed by atoms with van der Waals surface area (Å²) in [5.74, 6) is 0.768. The van der Waals surface area contributed by atoms with E-state index in [4.69, 9.17) is 19.2 Å². The standard InChI is InChI=1S/C26H32N4O5S/c1-6-13-35-25(32)23-17(2)27-26-30(24(23)20-15-19(33-4)7-8-21(20)34-5)18(16-36-26)14-22(31)29-11-9-28(3)10-12-29/h6-8,15-16,24H,1,9-14H2,2-5H3. The van der Waals surface area contributed by atoms with Crippen LogP contribution in [0.25, 0.3) is 0 Å². The number of fused-ring (bicyclic) bond motifs is 1. The number of piperazine rings is 1. The third-order valence-electron chi connectivity index (χ3n) is 6.47. The minimum atomic E-state index is -0.610. The molecule has 192 valence electrons. The van der Waals surface area contributed by atoms with Gasteiger partial charge in [-0.15, -0.1) is 0 Å². The average Bonchev–Trinajstić information content (AvgIpc) is 3.28. The first-order chi connectivity index (χ1) is 17.4. The third-order valence-corrected chi connectivity index (χ3v) is 7.36. The second-order valence-electron chi connectivity index (χ2n) is 8.75. The topological polar surface area (TPSA) is 83.9 Å². The molecule has 0 N–H and O–H groups in total. The minimum Gasteiger partial charge on any atom is -0.497 e. The van der Waals surface area contributed by atoms with Crippen LogP contribution in [0.4, 0.5) is 0 Å². The van der Waals surface area contributed by atoms with Crippen LogP contribution in [-0.4, -0.2) is 85.8 Å². The van der Waals surface area contributed by atoms with Gasteiger partial charge in [-0.2, -0.15) is 0 Å². The second kappa shape index (κ2) is 11.2. The number of hydrogen-bond donors (Lipinski definition) is 0. The number of ether oxygens (including phenoxy) is 3. The van der Waals surface area contributed by atoms with Crippen molar-refractivity contribution in [2.75, 3.05) is 54.1 Å². The number of amidine groups is 1. The SMILES string of the molecule is C=CCOC(=O)C1=C(C)N=C2SC=C(CC(=O)N3CCN(C)CC3)N2C1c1cc(OC)ccc1OC. The van der Waals surface area contributed by atoms with Crippen molar-refractivity contribution in [3.63, 3.8) is 0 Å². The zero-order valence-electron chi connectivity index (χ0n) is 21.2. The first kappa shape index (κ1) is 25.8. The summed E-state index contributed by atoms with van der Waals surface area (Å²) in [6.07, 6.45) is 1.73. The van der Waals surface area contributed by atoms with Crippen molar-refractivity contribution in [2.45, 2.75) is 19.4 Å². The van der Waals surface area contributed by atoms with Crippen molar-refractivity contribution in [3.8, 4) is 11.5 Å². The number of aliphatic imine (C=N–C) groups is 1. The van der Waals surface area contributed by atoms with Crippen LogP contribution in [0.3, 0.4) is 0 Å². The third kappa shape index (κ3) is 5.15. The summed E-state index contributed by atoms with van der Waals surface area (Å²) >= 11 is 1.44. The van der Waals surface area contributed by atoms with Gasteiger partial charge in [-0.25, -0.2) is 9.79 Å². The number of rotatable bonds is 8. The monoisotopic (exact) mass is 512 g/mol. The van der Waals surface area contributed by atoms with Crippen LogP contribution in [0.2, 0.25) is 0 Å². The predicted octanol–water partition coefficient (Wildman–Crippen LogP) is 3.17. The van der Waals surface area contributed by atoms with Crippen LogP contribution >= 0.6 is 11.8 Å². The largest absolute Gasteiger partial charge is 0.497 e. The molecular weight excluding hydrogens is 480 g/mol. The number of allylic oxidation sites excluding steroid dienone is 1. The van der Waals surface area contributed by atoms with Gasteiger partial charge in [-0.05, 0) is 37.6 Å². The zero-order chi connectivity index (χ0) is 25.8. The van der Waals surface area contributed by atoms with E-state index in [1.165, 1.54) is 17.8 Å². The molecule has 1 amide bonds. The van der Waals surface area contributed by atoms with Crippen molar-refractivity contribution in [2.24, 2.45) is 4.99 Å². The molecule has 3 heterocycles. The van der Waals surface area contributed by atoms with E-state index in [9.17, 15) is 9.59 Å². The molecule has 0 bridgehead atoms. The Morgan fingerprint density at radius 3 is 2.61 bits per heavy atom. The fourth-order valence-corrected chi connectivity index (χ4v) is 5.48. The zero-order valence-corrected chi connectivity index (χ0v) is 22.0. The highest BCUT2D eigenvalue weighted by molar-refractivity contribution is 8.16. The molecule has 36 heavy (non-hydrogen) atoms. The van der Waals surface area contributed by atoms with Gasteiger partial charge in [0.15, 0.2) is 5.17 Å². The maximum absolute atomic E-state index is 13.3. The first-order valence-electron chi connectivity index (χ1n) is 11.8. The van der Waals surface area contributed by atoms with Gasteiger partial charge in [0.05, 0.1) is 38.0 Å². The van der Waals surface area contributed by atoms with Crippen molar-refractivity contribution in [1.82, 2.24) is 14.7 Å². The summed E-state index contributed by atoms with van der Waals surface area (Å²) in [4.78, 5) is 37.3. The number of likely N-dealkylation sites (N-methyl/N-ethyl adjacent to an activating group) is 1. The van der Waals surface area contributed by atoms with Crippen LogP contribution in [0.5, 0.6) is 11.5 Å². The van der Waals surface area contributed by atoms with E-state index in [0.29, 0.717) is 41.0 Å². The van der Waals surface area contributed by atoms with Crippen molar-refractivity contribution >= 4 is 28.8 Å². The predicted molar refractivity (Wildman–Crippen MR) is 140 cm³/mol. The summed E-state index contributed by atoms with van der Waals surface area (Å²) < 4.78 is 16.6. The number of amides is 1. The van der Waals surface area contributed by atoms with Crippen LogP contribution in [0, 0.1) is 0 Å². The molecule has 1 aromatic rings. The van der Waals surface area contributed by atoms with Gasteiger partial charge in [0.1, 0.15) is 18.1 Å². The van der Waals surface area contributed by atoms with Crippen LogP contribution < -0.4 is 9.47 Å². The van der Waals surface area contributed by atoms with Crippen LogP contribution in [0.15, 0.2) is 58.2 Å². The molecular formula is C26H32N4O5S. The number of nitrogens with zero attached hydrogens (tertiary/aromatic N) is 4. The van der Waals surface area contributed by atoms with E-state index in [1.54, 1.807) is 27.2 Å². The Morgan fingerprint density at radius 2 is 1.94 bits per heavy atom. The molecule has 4 rings (SSSR count). The second-order valence-corrected chi connectivity index (χ2v) is 9.59. The van der Waals surface area contributed by atoms with E-state index >= 15 is 0 Å². The molecule has 0 spiro atoms. The number of esters is 1. The molecule has 1 fully saturated rings. The molecule has 3 aliphatic rings. The van der Waals surface area contributed by atoms with Gasteiger partial charge in [0.25, 0.3) is 0 Å². The Balaban J connectivity index is 1.74. The van der Waals surface area contributed by atoms with Crippen molar-refractivity contribution in [1.29, 1.82) is 0 Å². The van der Waals surface area contributed by atoms with Gasteiger partial charge in [-0.1, -0.05) is 24.4 Å². The molecule has 1 atom stereocenters. The Hall–Kier alpha value is -3.24. The van der Waals surface area contributed by atoms with Gasteiger partial charge in [0, 0.05) is 37.4 Å². The molecule has 0 saturated carbocycles. The van der Waals surface area contributed by atoms with Gasteiger partial charge in [-0.3, -0.25) is 4.79 Å². The lowest BCUT2D eigenvalue weighted by Crippen LogP contribution is -2.47. The summed E-state index contributed by atoms with van der Waals surface area (Å²) in [5.41, 5.74) is 2.43. The highest BCUT2D eigenvalue weighted by Gasteiger charge is 2.42. The number of carbonyl (C=O) groups excluding carboxylic acids is 2. The summed E-state index contributed by atoms with van der Waals surface area (Å²) in [6, 6.07) is 4.85. The Kier molecular flexibility index (Phi) is 8.05. The minimum absolute atomic E-state index is 0.0506. The summed E-state index contributed by atoms with van der Waals surface area (Å²) in [5, 5.41) is 2.64. The quantitative estimate of drug-likeness (QED) is 0.388. The van der Waals surface area contributed by atoms with E-state index in [-0.39, 0.29) is 18.9 Å². The lowest BCUT2D eigenvalue weighted by Gasteiger charge is -2.38. The van der Waals surface area contributed by atoms with Gasteiger partial charge >= 0.3 is 5.97 Å². The van der Waals surface area contributed by atoms with Crippen molar-refractivity contribution < 1.29 is 23.8 Å². The maximum atomic E-state index is 13.3. The fraction of sp³-hybridized carbons (Fsp3) is 0.423. The molecule has 3 aliphatic heterocycles. The summed E-state index contributed by atoms with van der Waals surface area (Å²) in [7, 11) is 5.23. The van der Waals surface area contributed by atoms with Crippen LogP contribution in [0.1, 0.15) is 24.9 Å². The van der Waals surface area contributed by atoms with E-state index in [0.717, 1.165) is 24.4 Å². The number of methoxy groups -OCH3 is 2. The smallest absolute Gasteiger partial charge is 0.338 e. The molecule has 0 aromatic heterocycles. The highest BCUT2D eigenvalue weighted by atomic mass is 32.2. The molecule has 1 unspecified atom stereocenters. The van der Waals surface area contributed by atoms with E-state index in [1.807, 2.05) is 27.3 Å². The number of hydrogen-bond acceptors (Lipinski definition) is 9. The first-order valence-corrected chi connectivity index (χ1v) is 12.7. The Morgan fingerprint density at radius 1 is 1.19 bits per heavy atom. The Labute approximate surface area is 216 Å². The fourth-order valence-electron chi connectivity index (χ4n) is 4.51. The lowest BCUT2D eigenvalue weighted by atomic mass is 9.92. The average molecular weight is 513 g/mol. The van der Waals surface area contributed by atoms with Gasteiger partial charge < -0.3 is 28.9 Å². The normalized spacial score (nSPS) is 19.9. The molecule has 1 aromatic carbocycles. The number of benzene rings is 1. The highest BCUT2D eigenvalue weighted by Crippen LogP contribution is 2.47. The molecule has 0 aliphatic carbocycles. The molecule has 1 saturated heterocycles. The maximum Gasteiger partial charge on any atom is 0.338 e. The van der Waals surface area contributed by atoms with Crippen LogP contribution in [-0.2, 0) is 14.3 Å². The van der Waals surface area contributed by atoms with Gasteiger partial charge in [0.2, 0.25) is 5.91 Å². The number of carbonyl (C=O) groups is 2. The van der Waals surface area contributed by atoms with E-state index in [2.05, 4.69) is 18.5 Å².